The Labute approximate surface area is 169 Å². The summed E-state index contributed by atoms with van der Waals surface area (Å²) >= 11 is 13.0. The van der Waals surface area contributed by atoms with Crippen LogP contribution >= 0.6 is 35.0 Å². The van der Waals surface area contributed by atoms with Crippen LogP contribution in [0.25, 0.3) is 0 Å². The molecule has 3 rings (SSSR count). The first kappa shape index (κ1) is 19.5. The molecule has 2 aromatic rings. The number of rotatable bonds is 5. The van der Waals surface area contributed by atoms with Crippen LogP contribution in [0.15, 0.2) is 51.2 Å². The summed E-state index contributed by atoms with van der Waals surface area (Å²) in [7, 11) is 0. The molecule has 1 atom stereocenters. The standard InChI is InChI=1S/C17H14Cl2N4O3S/c1-9(13-3-2-6-26-13)22-23-17-21-16(25)14(27-17)8-15(24)20-12-5-4-10(18)7-11(12)19/h2-7,14H,8H2,1H3,(H,20,24)(H,21,23,25)/b22-9-/t14-/m0/s1. The van der Waals surface area contributed by atoms with E-state index in [0.717, 1.165) is 11.8 Å². The number of halogens is 2. The lowest BCUT2D eigenvalue weighted by Crippen LogP contribution is -2.28. The third-order valence-electron chi connectivity index (χ3n) is 3.52. The zero-order chi connectivity index (χ0) is 19.4. The number of furan rings is 1. The van der Waals surface area contributed by atoms with Gasteiger partial charge in [-0.15, -0.1) is 10.2 Å². The summed E-state index contributed by atoms with van der Waals surface area (Å²) in [4.78, 5) is 24.3. The Kier molecular flexibility index (Phi) is 6.20. The molecule has 0 bridgehead atoms. The second-order valence-electron chi connectivity index (χ2n) is 5.54. The molecule has 1 aromatic carbocycles. The predicted octanol–water partition coefficient (Wildman–Crippen LogP) is 3.93. The van der Waals surface area contributed by atoms with E-state index in [1.807, 2.05) is 0 Å². The van der Waals surface area contributed by atoms with Crippen LogP contribution in [0.1, 0.15) is 19.1 Å². The maximum atomic E-state index is 12.2. The number of thioether (sulfide) groups is 1. The van der Waals surface area contributed by atoms with Crippen molar-refractivity contribution >= 4 is 63.3 Å². The van der Waals surface area contributed by atoms with Gasteiger partial charge in [0, 0.05) is 11.4 Å². The Morgan fingerprint density at radius 3 is 2.89 bits per heavy atom. The topological polar surface area (TPSA) is 96.1 Å². The number of carbonyl (C=O) groups excluding carboxylic acids is 2. The molecule has 7 nitrogen and oxygen atoms in total. The van der Waals surface area contributed by atoms with E-state index in [1.54, 1.807) is 31.2 Å². The molecule has 10 heteroatoms. The largest absolute Gasteiger partial charge is 0.463 e. The SMILES string of the molecule is C/C(=N/N=C1\NC(=O)[C@H](CC(=O)Nc2ccc(Cl)cc2Cl)S1)c1ccco1. The highest BCUT2D eigenvalue weighted by Gasteiger charge is 2.32. The van der Waals surface area contributed by atoms with Gasteiger partial charge >= 0.3 is 0 Å². The van der Waals surface area contributed by atoms with Gasteiger partial charge in [-0.1, -0.05) is 35.0 Å². The summed E-state index contributed by atoms with van der Waals surface area (Å²) in [5.74, 6) is -0.0604. The average molecular weight is 425 g/mol. The third kappa shape index (κ3) is 5.12. The minimum Gasteiger partial charge on any atom is -0.463 e. The van der Waals surface area contributed by atoms with Crippen LogP contribution < -0.4 is 10.6 Å². The van der Waals surface area contributed by atoms with Crippen molar-refractivity contribution in [1.29, 1.82) is 0 Å². The van der Waals surface area contributed by atoms with Gasteiger partial charge in [0.25, 0.3) is 0 Å². The lowest BCUT2D eigenvalue weighted by atomic mass is 10.2. The second-order valence-corrected chi connectivity index (χ2v) is 7.58. The first-order valence-electron chi connectivity index (χ1n) is 7.81. The van der Waals surface area contributed by atoms with Crippen molar-refractivity contribution in [1.82, 2.24) is 5.32 Å². The molecule has 0 saturated carbocycles. The van der Waals surface area contributed by atoms with Gasteiger partial charge in [-0.3, -0.25) is 9.59 Å². The highest BCUT2D eigenvalue weighted by Crippen LogP contribution is 2.27. The zero-order valence-corrected chi connectivity index (χ0v) is 16.4. The fourth-order valence-corrected chi connectivity index (χ4v) is 3.57. The Morgan fingerprint density at radius 1 is 1.37 bits per heavy atom. The highest BCUT2D eigenvalue weighted by molar-refractivity contribution is 8.15. The lowest BCUT2D eigenvalue weighted by Gasteiger charge is -2.09. The number of amidine groups is 1. The van der Waals surface area contributed by atoms with Crippen LogP contribution in [0.5, 0.6) is 0 Å². The summed E-state index contributed by atoms with van der Waals surface area (Å²) in [6.07, 6.45) is 1.50. The van der Waals surface area contributed by atoms with Gasteiger partial charge in [0.2, 0.25) is 11.8 Å². The molecule has 2 heterocycles. The number of amides is 2. The molecular weight excluding hydrogens is 411 g/mol. The summed E-state index contributed by atoms with van der Waals surface area (Å²) in [5, 5.41) is 13.8. The maximum Gasteiger partial charge on any atom is 0.240 e. The molecule has 2 N–H and O–H groups in total. The molecule has 0 spiro atoms. The molecule has 1 aliphatic rings. The van der Waals surface area contributed by atoms with E-state index in [9.17, 15) is 9.59 Å². The van der Waals surface area contributed by atoms with E-state index in [0.29, 0.717) is 32.4 Å². The van der Waals surface area contributed by atoms with Gasteiger partial charge in [0.15, 0.2) is 5.17 Å². The molecule has 2 amide bonds. The van der Waals surface area contributed by atoms with Gasteiger partial charge in [0.1, 0.15) is 16.7 Å². The van der Waals surface area contributed by atoms with Crippen molar-refractivity contribution in [2.24, 2.45) is 10.2 Å². The van der Waals surface area contributed by atoms with Crippen LogP contribution in [0.2, 0.25) is 10.0 Å². The normalized spacial score (nSPS) is 18.6. The first-order chi connectivity index (χ1) is 12.9. The smallest absolute Gasteiger partial charge is 0.240 e. The number of nitrogens with one attached hydrogen (secondary N) is 2. The number of anilines is 1. The van der Waals surface area contributed by atoms with Crippen molar-refractivity contribution in [2.75, 3.05) is 5.32 Å². The van der Waals surface area contributed by atoms with Gasteiger partial charge in [-0.2, -0.15) is 0 Å². The van der Waals surface area contributed by atoms with E-state index in [4.69, 9.17) is 27.6 Å². The van der Waals surface area contributed by atoms with Crippen molar-refractivity contribution < 1.29 is 14.0 Å². The molecule has 1 aromatic heterocycles. The lowest BCUT2D eigenvalue weighted by molar-refractivity contribution is -0.122. The summed E-state index contributed by atoms with van der Waals surface area (Å²) in [6.45, 7) is 1.74. The quantitative estimate of drug-likeness (QED) is 0.561. The second kappa shape index (κ2) is 8.60. The predicted molar refractivity (Wildman–Crippen MR) is 108 cm³/mol. The van der Waals surface area contributed by atoms with Crippen LogP contribution in [0.4, 0.5) is 5.69 Å². The minimum absolute atomic E-state index is 0.0324. The molecule has 27 heavy (non-hydrogen) atoms. The number of hydrogen-bond donors (Lipinski definition) is 2. The van der Waals surface area contributed by atoms with Gasteiger partial charge in [-0.05, 0) is 37.3 Å². The van der Waals surface area contributed by atoms with Crippen LogP contribution in [-0.4, -0.2) is 27.9 Å². The van der Waals surface area contributed by atoms with Gasteiger partial charge in [-0.25, -0.2) is 0 Å². The van der Waals surface area contributed by atoms with Crippen LogP contribution in [-0.2, 0) is 9.59 Å². The Morgan fingerprint density at radius 2 is 2.19 bits per heavy atom. The third-order valence-corrected chi connectivity index (χ3v) is 5.14. The average Bonchev–Trinajstić information content (AvgIpc) is 3.26. The molecule has 1 aliphatic heterocycles. The maximum absolute atomic E-state index is 12.2. The number of carbonyl (C=O) groups is 2. The summed E-state index contributed by atoms with van der Waals surface area (Å²) in [5.41, 5.74) is 1.00. The highest BCUT2D eigenvalue weighted by atomic mass is 35.5. The Balaban J connectivity index is 1.59. The van der Waals surface area contributed by atoms with Crippen molar-refractivity contribution in [2.45, 2.75) is 18.6 Å². The van der Waals surface area contributed by atoms with Crippen molar-refractivity contribution in [3.8, 4) is 0 Å². The summed E-state index contributed by atoms with van der Waals surface area (Å²) in [6, 6.07) is 8.25. The first-order valence-corrected chi connectivity index (χ1v) is 9.44. The van der Waals surface area contributed by atoms with Gasteiger partial charge in [0.05, 0.1) is 17.0 Å². The molecule has 0 radical (unpaired) electrons. The molecular formula is C17H14Cl2N4O3S. The molecule has 0 unspecified atom stereocenters. The van der Waals surface area contributed by atoms with Crippen molar-refractivity contribution in [3.63, 3.8) is 0 Å². The van der Waals surface area contributed by atoms with Crippen molar-refractivity contribution in [3.05, 3.63) is 52.4 Å². The monoisotopic (exact) mass is 424 g/mol. The zero-order valence-electron chi connectivity index (χ0n) is 14.0. The minimum atomic E-state index is -0.603. The number of nitrogens with zero attached hydrogens (tertiary/aromatic N) is 2. The Bertz CT molecular complexity index is 928. The number of hydrogen-bond acceptors (Lipinski definition) is 6. The molecule has 140 valence electrons. The van der Waals surface area contributed by atoms with Crippen LogP contribution in [0, 0.1) is 0 Å². The van der Waals surface area contributed by atoms with E-state index >= 15 is 0 Å². The van der Waals surface area contributed by atoms with Crippen LogP contribution in [0.3, 0.4) is 0 Å². The van der Waals surface area contributed by atoms with Gasteiger partial charge < -0.3 is 15.1 Å². The van der Waals surface area contributed by atoms with E-state index in [1.165, 1.54) is 12.3 Å². The summed E-state index contributed by atoms with van der Waals surface area (Å²) < 4.78 is 5.21. The molecule has 1 fully saturated rings. The van der Waals surface area contributed by atoms with E-state index < -0.39 is 5.25 Å². The fourth-order valence-electron chi connectivity index (χ4n) is 2.20. The van der Waals surface area contributed by atoms with E-state index in [2.05, 4.69) is 20.8 Å². The Hall–Kier alpha value is -2.29. The molecule has 1 saturated heterocycles. The fraction of sp³-hybridized carbons (Fsp3) is 0.176. The molecule has 0 aliphatic carbocycles. The van der Waals surface area contributed by atoms with E-state index in [-0.39, 0.29) is 18.2 Å². The number of benzene rings is 1.